The molecule has 0 amide bonds. The SMILES string of the molecule is COCOCCCCNCCCCOCOC. The van der Waals surface area contributed by atoms with E-state index in [2.05, 4.69) is 5.32 Å². The van der Waals surface area contributed by atoms with Crippen molar-refractivity contribution in [2.75, 3.05) is 54.1 Å². The van der Waals surface area contributed by atoms with Crippen molar-refractivity contribution in [1.82, 2.24) is 5.32 Å². The molecule has 0 spiro atoms. The summed E-state index contributed by atoms with van der Waals surface area (Å²) in [5.41, 5.74) is 0. The summed E-state index contributed by atoms with van der Waals surface area (Å²) in [7, 11) is 3.27. The van der Waals surface area contributed by atoms with Crippen LogP contribution in [0.1, 0.15) is 25.7 Å². The predicted octanol–water partition coefficient (Wildman–Crippen LogP) is 1.38. The first-order valence-electron chi connectivity index (χ1n) is 6.26. The Morgan fingerprint density at radius 1 is 0.706 bits per heavy atom. The zero-order chi connectivity index (χ0) is 12.6. The fraction of sp³-hybridized carbons (Fsp3) is 1.00. The Hall–Kier alpha value is -0.200. The fourth-order valence-corrected chi connectivity index (χ4v) is 1.32. The Morgan fingerprint density at radius 3 is 1.59 bits per heavy atom. The lowest BCUT2D eigenvalue weighted by molar-refractivity contribution is -0.0316. The summed E-state index contributed by atoms with van der Waals surface area (Å²) in [5, 5.41) is 3.39. The van der Waals surface area contributed by atoms with Crippen LogP contribution in [0.25, 0.3) is 0 Å². The lowest BCUT2D eigenvalue weighted by Gasteiger charge is -2.05. The van der Waals surface area contributed by atoms with Crippen molar-refractivity contribution in [1.29, 1.82) is 0 Å². The van der Waals surface area contributed by atoms with Gasteiger partial charge in [0.2, 0.25) is 0 Å². The Kier molecular flexibility index (Phi) is 15.6. The molecule has 0 bridgehead atoms. The van der Waals surface area contributed by atoms with Crippen molar-refractivity contribution < 1.29 is 18.9 Å². The van der Waals surface area contributed by atoms with Crippen molar-refractivity contribution >= 4 is 0 Å². The number of methoxy groups -OCH3 is 2. The molecule has 0 aromatic rings. The Bertz CT molecular complexity index is 122. The second kappa shape index (κ2) is 15.8. The van der Waals surface area contributed by atoms with Gasteiger partial charge >= 0.3 is 0 Å². The molecule has 0 fully saturated rings. The fourth-order valence-electron chi connectivity index (χ4n) is 1.32. The molecule has 0 radical (unpaired) electrons. The summed E-state index contributed by atoms with van der Waals surface area (Å²) in [6, 6.07) is 0. The molecule has 0 aromatic heterocycles. The molecule has 0 unspecified atom stereocenters. The standard InChI is InChI=1S/C12H27NO4/c1-14-11-16-9-5-3-7-13-8-4-6-10-17-12-15-2/h13H,3-12H2,1-2H3. The minimum absolute atomic E-state index is 0.398. The van der Waals surface area contributed by atoms with Crippen LogP contribution in [0.3, 0.4) is 0 Å². The van der Waals surface area contributed by atoms with E-state index in [1.165, 1.54) is 0 Å². The van der Waals surface area contributed by atoms with Crippen LogP contribution in [-0.4, -0.2) is 54.1 Å². The number of ether oxygens (including phenoxy) is 4. The molecule has 0 saturated heterocycles. The summed E-state index contributed by atoms with van der Waals surface area (Å²) < 4.78 is 19.9. The smallest absolute Gasteiger partial charge is 0.146 e. The van der Waals surface area contributed by atoms with Gasteiger partial charge in [-0.05, 0) is 38.8 Å². The van der Waals surface area contributed by atoms with Gasteiger partial charge in [-0.15, -0.1) is 0 Å². The van der Waals surface area contributed by atoms with Crippen molar-refractivity contribution in [3.05, 3.63) is 0 Å². The van der Waals surface area contributed by atoms with E-state index < -0.39 is 0 Å². The monoisotopic (exact) mass is 249 g/mol. The van der Waals surface area contributed by atoms with Crippen LogP contribution in [-0.2, 0) is 18.9 Å². The van der Waals surface area contributed by atoms with Crippen LogP contribution < -0.4 is 5.32 Å². The van der Waals surface area contributed by atoms with Gasteiger partial charge in [0.1, 0.15) is 13.6 Å². The summed E-state index contributed by atoms with van der Waals surface area (Å²) >= 11 is 0. The van der Waals surface area contributed by atoms with Gasteiger partial charge in [0.15, 0.2) is 0 Å². The highest BCUT2D eigenvalue weighted by Crippen LogP contribution is 1.91. The molecule has 0 rings (SSSR count). The van der Waals surface area contributed by atoms with E-state index in [-0.39, 0.29) is 0 Å². The lowest BCUT2D eigenvalue weighted by Crippen LogP contribution is -2.17. The maximum Gasteiger partial charge on any atom is 0.146 e. The van der Waals surface area contributed by atoms with Gasteiger partial charge in [0.25, 0.3) is 0 Å². The summed E-state index contributed by atoms with van der Waals surface area (Å²) in [4.78, 5) is 0. The van der Waals surface area contributed by atoms with Gasteiger partial charge in [-0.25, -0.2) is 0 Å². The average Bonchev–Trinajstić information content (AvgIpc) is 2.35. The summed E-state index contributed by atoms with van der Waals surface area (Å²) in [6.07, 6.45) is 4.44. The number of hydrogen-bond donors (Lipinski definition) is 1. The molecule has 104 valence electrons. The van der Waals surface area contributed by atoms with Crippen LogP contribution in [0.15, 0.2) is 0 Å². The zero-order valence-corrected chi connectivity index (χ0v) is 11.2. The largest absolute Gasteiger partial charge is 0.359 e. The van der Waals surface area contributed by atoms with E-state index in [4.69, 9.17) is 18.9 Å². The Morgan fingerprint density at radius 2 is 1.18 bits per heavy atom. The third-order valence-electron chi connectivity index (χ3n) is 2.19. The van der Waals surface area contributed by atoms with Gasteiger partial charge in [0, 0.05) is 27.4 Å². The molecule has 0 atom stereocenters. The average molecular weight is 249 g/mol. The second-order valence-corrected chi connectivity index (χ2v) is 3.79. The van der Waals surface area contributed by atoms with E-state index in [0.29, 0.717) is 13.6 Å². The third kappa shape index (κ3) is 15.8. The zero-order valence-electron chi connectivity index (χ0n) is 11.2. The number of nitrogens with one attached hydrogen (secondary N) is 1. The molecule has 0 heterocycles. The topological polar surface area (TPSA) is 49.0 Å². The molecule has 0 aliphatic rings. The molecular weight excluding hydrogens is 222 g/mol. The predicted molar refractivity (Wildman–Crippen MR) is 67.0 cm³/mol. The van der Waals surface area contributed by atoms with Gasteiger partial charge in [-0.2, -0.15) is 0 Å². The van der Waals surface area contributed by atoms with Gasteiger partial charge in [0.05, 0.1) is 0 Å². The molecule has 5 heteroatoms. The number of unbranched alkanes of at least 4 members (excludes halogenated alkanes) is 2. The molecule has 0 aliphatic heterocycles. The molecular formula is C12H27NO4. The van der Waals surface area contributed by atoms with Gasteiger partial charge in [-0.3, -0.25) is 0 Å². The van der Waals surface area contributed by atoms with Crippen molar-refractivity contribution in [3.8, 4) is 0 Å². The van der Waals surface area contributed by atoms with Crippen molar-refractivity contribution in [2.45, 2.75) is 25.7 Å². The van der Waals surface area contributed by atoms with Crippen LogP contribution >= 0.6 is 0 Å². The van der Waals surface area contributed by atoms with E-state index in [1.54, 1.807) is 14.2 Å². The van der Waals surface area contributed by atoms with E-state index in [9.17, 15) is 0 Å². The van der Waals surface area contributed by atoms with Crippen LogP contribution in [0, 0.1) is 0 Å². The maximum atomic E-state index is 5.19. The van der Waals surface area contributed by atoms with Crippen molar-refractivity contribution in [3.63, 3.8) is 0 Å². The molecule has 0 aromatic carbocycles. The highest BCUT2D eigenvalue weighted by Gasteiger charge is 1.91. The molecule has 0 aliphatic carbocycles. The van der Waals surface area contributed by atoms with Crippen LogP contribution in [0.4, 0.5) is 0 Å². The number of rotatable bonds is 14. The van der Waals surface area contributed by atoms with E-state index in [1.807, 2.05) is 0 Å². The van der Waals surface area contributed by atoms with Crippen LogP contribution in [0.5, 0.6) is 0 Å². The molecule has 0 saturated carbocycles. The molecule has 5 nitrogen and oxygen atoms in total. The first-order chi connectivity index (χ1) is 8.41. The summed E-state index contributed by atoms with van der Waals surface area (Å²) in [5.74, 6) is 0. The van der Waals surface area contributed by atoms with E-state index >= 15 is 0 Å². The van der Waals surface area contributed by atoms with E-state index in [0.717, 1.165) is 52.0 Å². The minimum atomic E-state index is 0.398. The number of hydrogen-bond acceptors (Lipinski definition) is 5. The van der Waals surface area contributed by atoms with Gasteiger partial charge < -0.3 is 24.3 Å². The maximum absolute atomic E-state index is 5.19. The Balaban J connectivity index is 2.85. The van der Waals surface area contributed by atoms with Crippen LogP contribution in [0.2, 0.25) is 0 Å². The Labute approximate surface area is 105 Å². The highest BCUT2D eigenvalue weighted by molar-refractivity contribution is 4.49. The molecule has 1 N–H and O–H groups in total. The quantitative estimate of drug-likeness (QED) is 0.372. The second-order valence-electron chi connectivity index (χ2n) is 3.79. The first kappa shape index (κ1) is 16.8. The normalized spacial score (nSPS) is 10.9. The van der Waals surface area contributed by atoms with Crippen molar-refractivity contribution in [2.24, 2.45) is 0 Å². The third-order valence-corrected chi connectivity index (χ3v) is 2.19. The molecule has 17 heavy (non-hydrogen) atoms. The lowest BCUT2D eigenvalue weighted by atomic mass is 10.3. The first-order valence-corrected chi connectivity index (χ1v) is 6.26. The van der Waals surface area contributed by atoms with Gasteiger partial charge in [-0.1, -0.05) is 0 Å². The highest BCUT2D eigenvalue weighted by atomic mass is 16.7. The minimum Gasteiger partial charge on any atom is -0.359 e. The summed E-state index contributed by atoms with van der Waals surface area (Å²) in [6.45, 7) is 4.45.